The van der Waals surface area contributed by atoms with Crippen LogP contribution in [0.5, 0.6) is 5.75 Å². The van der Waals surface area contributed by atoms with Crippen molar-refractivity contribution in [2.75, 3.05) is 20.1 Å². The number of ether oxygens (including phenoxy) is 1. The topological polar surface area (TPSA) is 109 Å². The summed E-state index contributed by atoms with van der Waals surface area (Å²) in [5.41, 5.74) is -0.117. The summed E-state index contributed by atoms with van der Waals surface area (Å²) in [6, 6.07) is 4.11. The predicted molar refractivity (Wildman–Crippen MR) is 131 cm³/mol. The molecule has 0 bridgehead atoms. The summed E-state index contributed by atoms with van der Waals surface area (Å²) >= 11 is 5.86. The number of rotatable bonds is 10. The van der Waals surface area contributed by atoms with E-state index in [1.54, 1.807) is 6.92 Å². The first-order valence-electron chi connectivity index (χ1n) is 11.7. The van der Waals surface area contributed by atoms with Gasteiger partial charge in [-0.05, 0) is 37.5 Å². The molecule has 0 saturated carbocycles. The maximum absolute atomic E-state index is 13.5. The summed E-state index contributed by atoms with van der Waals surface area (Å²) in [7, 11) is 1.51. The van der Waals surface area contributed by atoms with Crippen LogP contribution in [0.4, 0.5) is 4.39 Å². The SMILES string of the molecule is CCCCn1c(C(=O)N(C)CC(C)OC=O)c2c(c(O)c1=O)C(=O)N(Cc1ccc(F)c(Cl)c1)CC2. The van der Waals surface area contributed by atoms with Crippen LogP contribution in [0.15, 0.2) is 23.0 Å². The summed E-state index contributed by atoms with van der Waals surface area (Å²) in [5, 5.41) is 10.7. The Morgan fingerprint density at radius 3 is 2.72 bits per heavy atom. The molecule has 9 nitrogen and oxygen atoms in total. The highest BCUT2D eigenvalue weighted by atomic mass is 35.5. The number of halogens is 2. The molecule has 36 heavy (non-hydrogen) atoms. The van der Waals surface area contributed by atoms with Gasteiger partial charge in [0.2, 0.25) is 0 Å². The molecule has 0 saturated heterocycles. The minimum atomic E-state index is -0.823. The van der Waals surface area contributed by atoms with E-state index in [9.17, 15) is 28.7 Å². The number of carbonyl (C=O) groups is 3. The lowest BCUT2D eigenvalue weighted by molar-refractivity contribution is -0.133. The first-order chi connectivity index (χ1) is 17.1. The van der Waals surface area contributed by atoms with E-state index in [4.69, 9.17) is 16.3 Å². The van der Waals surface area contributed by atoms with Gasteiger partial charge < -0.3 is 24.2 Å². The number of nitrogens with zero attached hydrogens (tertiary/aromatic N) is 3. The average Bonchev–Trinajstić information content (AvgIpc) is 2.83. The van der Waals surface area contributed by atoms with E-state index in [1.165, 1.54) is 39.6 Å². The molecule has 11 heteroatoms. The number of benzene rings is 1. The number of fused-ring (bicyclic) bond motifs is 1. The molecular formula is C25H29ClFN3O6. The van der Waals surface area contributed by atoms with Gasteiger partial charge in [-0.3, -0.25) is 19.2 Å². The molecule has 2 aromatic rings. The van der Waals surface area contributed by atoms with Crippen LogP contribution in [0, 0.1) is 5.82 Å². The fourth-order valence-corrected chi connectivity index (χ4v) is 4.51. The van der Waals surface area contributed by atoms with E-state index < -0.39 is 35.0 Å². The zero-order chi connectivity index (χ0) is 26.6. The van der Waals surface area contributed by atoms with Crippen molar-refractivity contribution in [1.82, 2.24) is 14.4 Å². The molecule has 0 radical (unpaired) electrons. The normalized spacial score (nSPS) is 13.8. The molecular weight excluding hydrogens is 493 g/mol. The first-order valence-corrected chi connectivity index (χ1v) is 12.0. The van der Waals surface area contributed by atoms with Gasteiger partial charge in [0.25, 0.3) is 23.8 Å². The lowest BCUT2D eigenvalue weighted by Gasteiger charge is -2.32. The van der Waals surface area contributed by atoms with Crippen LogP contribution in [0.2, 0.25) is 5.02 Å². The molecule has 1 atom stereocenters. The second-order valence-electron chi connectivity index (χ2n) is 8.81. The number of carbonyl (C=O) groups excluding carboxylic acids is 3. The van der Waals surface area contributed by atoms with Gasteiger partial charge in [0, 0.05) is 32.2 Å². The van der Waals surface area contributed by atoms with Crippen LogP contribution in [-0.4, -0.2) is 64.0 Å². The summed E-state index contributed by atoms with van der Waals surface area (Å²) in [4.78, 5) is 53.5. The lowest BCUT2D eigenvalue weighted by atomic mass is 9.95. The van der Waals surface area contributed by atoms with Crippen LogP contribution in [0.3, 0.4) is 0 Å². The van der Waals surface area contributed by atoms with Gasteiger partial charge >= 0.3 is 0 Å². The Balaban J connectivity index is 2.05. The van der Waals surface area contributed by atoms with Crippen molar-refractivity contribution >= 4 is 29.9 Å². The van der Waals surface area contributed by atoms with Gasteiger partial charge in [-0.25, -0.2) is 4.39 Å². The van der Waals surface area contributed by atoms with E-state index in [0.717, 1.165) is 6.42 Å². The number of likely N-dealkylation sites (N-methyl/N-ethyl adjacent to an activating group) is 1. The largest absolute Gasteiger partial charge is 0.502 e. The second kappa shape index (κ2) is 11.6. The van der Waals surface area contributed by atoms with E-state index in [-0.39, 0.29) is 48.9 Å². The van der Waals surface area contributed by atoms with E-state index in [2.05, 4.69) is 0 Å². The van der Waals surface area contributed by atoms with Crippen LogP contribution in [0.25, 0.3) is 0 Å². The van der Waals surface area contributed by atoms with Gasteiger partial charge in [0.15, 0.2) is 5.75 Å². The van der Waals surface area contributed by atoms with Gasteiger partial charge in [-0.15, -0.1) is 0 Å². The van der Waals surface area contributed by atoms with Gasteiger partial charge in [-0.2, -0.15) is 0 Å². The second-order valence-corrected chi connectivity index (χ2v) is 9.22. The molecule has 1 N–H and O–H groups in total. The fraction of sp³-hybridized carbons (Fsp3) is 0.440. The molecule has 194 valence electrons. The fourth-order valence-electron chi connectivity index (χ4n) is 4.31. The van der Waals surface area contributed by atoms with Crippen LogP contribution < -0.4 is 5.56 Å². The smallest absolute Gasteiger partial charge is 0.294 e. The van der Waals surface area contributed by atoms with Gasteiger partial charge in [0.05, 0.1) is 17.1 Å². The Kier molecular flexibility index (Phi) is 8.73. The molecule has 2 heterocycles. The number of hydrogen-bond donors (Lipinski definition) is 1. The molecule has 2 amide bonds. The molecule has 1 aliphatic rings. The molecule has 1 aliphatic heterocycles. The summed E-state index contributed by atoms with van der Waals surface area (Å²) in [6.45, 7) is 4.40. The Hall–Kier alpha value is -3.40. The third-order valence-electron chi connectivity index (χ3n) is 6.14. The van der Waals surface area contributed by atoms with Crippen molar-refractivity contribution in [1.29, 1.82) is 0 Å². The number of pyridine rings is 1. The number of unbranched alkanes of at least 4 members (excludes halogenated alkanes) is 1. The van der Waals surface area contributed by atoms with Crippen molar-refractivity contribution in [3.8, 4) is 5.75 Å². The standard InChI is InChI=1S/C25H29ClFN3O6/c1-4-5-9-30-21(24(34)28(3)12-15(2)36-14-31)17-8-10-29(23(33)20(17)22(32)25(30)35)13-16-6-7-19(27)18(26)11-16/h6-7,11,14-15,32H,4-5,8-10,12-13H2,1-3H3. The average molecular weight is 522 g/mol. The monoisotopic (exact) mass is 521 g/mol. The summed E-state index contributed by atoms with van der Waals surface area (Å²) < 4.78 is 19.6. The van der Waals surface area contributed by atoms with E-state index >= 15 is 0 Å². The number of aromatic hydroxyl groups is 1. The van der Waals surface area contributed by atoms with Gasteiger partial charge in [-0.1, -0.05) is 31.0 Å². The maximum Gasteiger partial charge on any atom is 0.294 e. The third-order valence-corrected chi connectivity index (χ3v) is 6.43. The molecule has 0 fully saturated rings. The minimum absolute atomic E-state index is 0.0416. The van der Waals surface area contributed by atoms with E-state index in [0.29, 0.717) is 24.0 Å². The maximum atomic E-state index is 13.5. The summed E-state index contributed by atoms with van der Waals surface area (Å²) in [6.07, 6.45) is 0.953. The lowest BCUT2D eigenvalue weighted by Crippen LogP contribution is -2.44. The van der Waals surface area contributed by atoms with Crippen LogP contribution in [-0.2, 0) is 29.0 Å². The zero-order valence-corrected chi connectivity index (χ0v) is 21.2. The number of aromatic nitrogens is 1. The third kappa shape index (κ3) is 5.53. The van der Waals surface area contributed by atoms with Gasteiger partial charge in [0.1, 0.15) is 17.6 Å². The molecule has 0 aliphatic carbocycles. The van der Waals surface area contributed by atoms with Crippen molar-refractivity contribution < 1.29 is 28.6 Å². The number of hydrogen-bond acceptors (Lipinski definition) is 6. The van der Waals surface area contributed by atoms with Crippen LogP contribution in [0.1, 0.15) is 58.7 Å². The first kappa shape index (κ1) is 27.2. The highest BCUT2D eigenvalue weighted by Crippen LogP contribution is 2.30. The quantitative estimate of drug-likeness (QED) is 0.481. The molecule has 1 aromatic carbocycles. The molecule has 1 unspecified atom stereocenters. The predicted octanol–water partition coefficient (Wildman–Crippen LogP) is 2.98. The van der Waals surface area contributed by atoms with E-state index in [1.807, 2.05) is 6.92 Å². The highest BCUT2D eigenvalue weighted by molar-refractivity contribution is 6.30. The Morgan fingerprint density at radius 1 is 1.36 bits per heavy atom. The molecule has 1 aromatic heterocycles. The summed E-state index contributed by atoms with van der Waals surface area (Å²) in [5.74, 6) is -2.42. The minimum Gasteiger partial charge on any atom is -0.502 e. The van der Waals surface area contributed by atoms with Crippen molar-refractivity contribution in [3.63, 3.8) is 0 Å². The molecule has 3 rings (SSSR count). The number of amides is 2. The van der Waals surface area contributed by atoms with Crippen molar-refractivity contribution in [2.24, 2.45) is 0 Å². The van der Waals surface area contributed by atoms with Crippen molar-refractivity contribution in [3.05, 3.63) is 61.8 Å². The molecule has 0 spiro atoms. The Bertz CT molecular complexity index is 1230. The van der Waals surface area contributed by atoms with Crippen LogP contribution >= 0.6 is 11.6 Å². The highest BCUT2D eigenvalue weighted by Gasteiger charge is 2.35. The Labute approximate surface area is 213 Å². The van der Waals surface area contributed by atoms with Crippen molar-refractivity contribution in [2.45, 2.75) is 52.3 Å². The Morgan fingerprint density at radius 2 is 2.08 bits per heavy atom. The zero-order valence-electron chi connectivity index (χ0n) is 20.4.